The zero-order valence-corrected chi connectivity index (χ0v) is 12.7. The smallest absolute Gasteiger partial charge is 0.395 e. The molecule has 1 N–H and O–H groups in total. The highest BCUT2D eigenvalue weighted by molar-refractivity contribution is 5.78. The predicted molar refractivity (Wildman–Crippen MR) is 77.8 cm³/mol. The number of rotatable bonds is 2. The van der Waals surface area contributed by atoms with Gasteiger partial charge in [0.25, 0.3) is 10.8 Å². The minimum atomic E-state index is -0.421. The van der Waals surface area contributed by atoms with Crippen LogP contribution in [0.4, 0.5) is 0 Å². The maximum Gasteiger partial charge on any atom is 0.431 e. The molecule has 9 heteroatoms. The number of piperazine rings is 1. The van der Waals surface area contributed by atoms with Crippen molar-refractivity contribution in [3.63, 3.8) is 0 Å². The Morgan fingerprint density at radius 3 is 2.45 bits per heavy atom. The van der Waals surface area contributed by atoms with E-state index in [1.54, 1.807) is 7.05 Å². The number of aromatic nitrogens is 2. The third-order valence-electron chi connectivity index (χ3n) is 4.10. The number of aliphatic hydroxyl groups is 1. The van der Waals surface area contributed by atoms with Crippen LogP contribution >= 0.6 is 0 Å². The molecule has 0 bridgehead atoms. The van der Waals surface area contributed by atoms with Crippen molar-refractivity contribution in [2.45, 2.75) is 0 Å². The fourth-order valence-corrected chi connectivity index (χ4v) is 2.72. The largest absolute Gasteiger partial charge is 0.431 e. The van der Waals surface area contributed by atoms with E-state index in [2.05, 4.69) is 14.9 Å². The summed E-state index contributed by atoms with van der Waals surface area (Å²) in [7, 11) is 3.02. The van der Waals surface area contributed by atoms with Gasteiger partial charge in [0.2, 0.25) is 0 Å². The van der Waals surface area contributed by atoms with Crippen molar-refractivity contribution in [1.82, 2.24) is 14.0 Å². The monoisotopic (exact) mass is 307 g/mol. The Balaban J connectivity index is 2.03. The van der Waals surface area contributed by atoms with Gasteiger partial charge in [-0.15, -0.1) is 0 Å². The van der Waals surface area contributed by atoms with Crippen LogP contribution < -0.4 is 22.1 Å². The number of aliphatic hydroxyl groups excluding tert-OH is 1. The summed E-state index contributed by atoms with van der Waals surface area (Å²) in [6, 6.07) is 0. The molecule has 9 nitrogen and oxygen atoms in total. The normalized spacial score (nSPS) is 18.1. The fraction of sp³-hybridized carbons (Fsp3) is 0.615. The number of nitrogens with zero attached hydrogens (tertiary/aromatic N) is 6. The molecule has 1 saturated heterocycles. The highest BCUT2D eigenvalue weighted by atomic mass is 16.3. The summed E-state index contributed by atoms with van der Waals surface area (Å²) in [5, 5.41) is 9.18. The van der Waals surface area contributed by atoms with Crippen molar-refractivity contribution >= 4 is 5.96 Å². The summed E-state index contributed by atoms with van der Waals surface area (Å²) in [4.78, 5) is 34.9. The van der Waals surface area contributed by atoms with E-state index >= 15 is 0 Å². The SMILES string of the molecule is Cn1c(=O)c2c(n(C)c1=O)=NC(=[N+]1CCN(CCO)CC1)N=2. The van der Waals surface area contributed by atoms with E-state index in [0.717, 1.165) is 30.7 Å². The summed E-state index contributed by atoms with van der Waals surface area (Å²) < 4.78 is 4.38. The summed E-state index contributed by atoms with van der Waals surface area (Å²) in [5.74, 6) is 0.483. The third-order valence-corrected chi connectivity index (χ3v) is 4.10. The van der Waals surface area contributed by atoms with E-state index in [9.17, 15) is 9.59 Å². The molecule has 0 aliphatic carbocycles. The quantitative estimate of drug-likeness (QED) is 0.564. The molecule has 1 aromatic rings. The van der Waals surface area contributed by atoms with Crippen LogP contribution in [0.15, 0.2) is 19.6 Å². The van der Waals surface area contributed by atoms with Gasteiger partial charge in [0.1, 0.15) is 0 Å². The molecule has 0 atom stereocenters. The van der Waals surface area contributed by atoms with Gasteiger partial charge < -0.3 is 5.11 Å². The minimum Gasteiger partial charge on any atom is -0.395 e. The molecule has 2 aliphatic rings. The molecule has 0 saturated carbocycles. The minimum absolute atomic E-state index is 0.148. The maximum absolute atomic E-state index is 12.1. The van der Waals surface area contributed by atoms with Crippen molar-refractivity contribution in [2.24, 2.45) is 24.1 Å². The lowest BCUT2D eigenvalue weighted by atomic mass is 10.3. The van der Waals surface area contributed by atoms with E-state index in [-0.39, 0.29) is 12.0 Å². The molecule has 3 heterocycles. The average Bonchev–Trinajstić information content (AvgIpc) is 2.97. The number of hydrogen-bond donors (Lipinski definition) is 1. The molecule has 22 heavy (non-hydrogen) atoms. The van der Waals surface area contributed by atoms with Crippen LogP contribution in [0.5, 0.6) is 0 Å². The van der Waals surface area contributed by atoms with Gasteiger partial charge in [0.15, 0.2) is 0 Å². The summed E-state index contributed by atoms with van der Waals surface area (Å²) in [5.41, 5.74) is -0.506. The van der Waals surface area contributed by atoms with Crippen LogP contribution in [-0.2, 0) is 14.1 Å². The lowest BCUT2D eigenvalue weighted by molar-refractivity contribution is -0.541. The molecule has 118 valence electrons. The van der Waals surface area contributed by atoms with E-state index in [1.165, 1.54) is 11.6 Å². The van der Waals surface area contributed by atoms with E-state index in [4.69, 9.17) is 5.11 Å². The predicted octanol–water partition coefficient (Wildman–Crippen LogP) is -3.99. The van der Waals surface area contributed by atoms with Crippen LogP contribution in [0, 0.1) is 0 Å². The van der Waals surface area contributed by atoms with Crippen molar-refractivity contribution in [1.29, 1.82) is 0 Å². The Labute approximate surface area is 125 Å². The lowest BCUT2D eigenvalue weighted by Crippen LogP contribution is -2.55. The van der Waals surface area contributed by atoms with Crippen LogP contribution in [-0.4, -0.2) is 69.0 Å². The van der Waals surface area contributed by atoms with Crippen LogP contribution in [0.1, 0.15) is 0 Å². The zero-order valence-electron chi connectivity index (χ0n) is 12.7. The second-order valence-corrected chi connectivity index (χ2v) is 5.45. The summed E-state index contributed by atoms with van der Waals surface area (Å²) in [6.07, 6.45) is 0. The van der Waals surface area contributed by atoms with Crippen molar-refractivity contribution in [2.75, 3.05) is 39.3 Å². The molecule has 0 radical (unpaired) electrons. The lowest BCUT2D eigenvalue weighted by Gasteiger charge is -2.26. The average molecular weight is 307 g/mol. The molecule has 0 amide bonds. The Kier molecular flexibility index (Phi) is 3.75. The molecular formula is C13H19N6O3+. The topological polar surface area (TPSA) is 95.2 Å². The van der Waals surface area contributed by atoms with Crippen molar-refractivity contribution in [3.05, 3.63) is 31.7 Å². The summed E-state index contributed by atoms with van der Waals surface area (Å²) >= 11 is 0. The molecular weight excluding hydrogens is 288 g/mol. The second-order valence-electron chi connectivity index (χ2n) is 5.45. The fourth-order valence-electron chi connectivity index (χ4n) is 2.72. The van der Waals surface area contributed by atoms with Gasteiger partial charge in [-0.2, -0.15) is 0 Å². The van der Waals surface area contributed by atoms with E-state index in [0.29, 0.717) is 18.0 Å². The first-order valence-corrected chi connectivity index (χ1v) is 7.21. The van der Waals surface area contributed by atoms with Gasteiger partial charge in [0, 0.05) is 33.7 Å². The molecule has 1 fully saturated rings. The Morgan fingerprint density at radius 2 is 1.82 bits per heavy atom. The van der Waals surface area contributed by atoms with Crippen LogP contribution in [0.3, 0.4) is 0 Å². The number of β-amino-alcohol motifs (C(OH)–C–C–N with tert-alkyl or cyclic N) is 1. The summed E-state index contributed by atoms with van der Waals surface area (Å²) in [6.45, 7) is 3.88. The Morgan fingerprint density at radius 1 is 1.14 bits per heavy atom. The molecule has 2 aliphatic heterocycles. The molecule has 0 spiro atoms. The first-order valence-electron chi connectivity index (χ1n) is 7.21. The third kappa shape index (κ3) is 2.32. The van der Waals surface area contributed by atoms with Gasteiger partial charge in [0.05, 0.1) is 19.7 Å². The van der Waals surface area contributed by atoms with Crippen LogP contribution in [0.25, 0.3) is 0 Å². The Hall–Kier alpha value is -2.13. The van der Waals surface area contributed by atoms with Gasteiger partial charge in [-0.1, -0.05) is 4.99 Å². The number of fused-ring (bicyclic) bond motifs is 1. The second kappa shape index (κ2) is 5.58. The number of guanidine groups is 1. The van der Waals surface area contributed by atoms with E-state index in [1.807, 2.05) is 4.58 Å². The van der Waals surface area contributed by atoms with Crippen LogP contribution in [0.2, 0.25) is 0 Å². The standard InChI is InChI=1S/C13H19N6O3/c1-16-10-9(11(21)17(2)13(16)22)14-12(15-10)19-5-3-18(4-6-19)7-8-20/h20H,3-8H2,1-2H3/q+1. The van der Waals surface area contributed by atoms with Gasteiger partial charge in [-0.3, -0.25) is 23.4 Å². The van der Waals surface area contributed by atoms with Crippen molar-refractivity contribution < 1.29 is 9.68 Å². The molecule has 0 aromatic carbocycles. The first kappa shape index (κ1) is 14.8. The molecule has 3 rings (SSSR count). The van der Waals surface area contributed by atoms with Gasteiger partial charge in [-0.05, 0) is 4.99 Å². The van der Waals surface area contributed by atoms with Gasteiger partial charge in [-0.25, -0.2) is 4.79 Å². The molecule has 1 aromatic heterocycles. The highest BCUT2D eigenvalue weighted by Crippen LogP contribution is 1.98. The maximum atomic E-state index is 12.1. The van der Waals surface area contributed by atoms with Crippen molar-refractivity contribution in [3.8, 4) is 0 Å². The first-order chi connectivity index (χ1) is 10.5. The van der Waals surface area contributed by atoms with Gasteiger partial charge >= 0.3 is 17.2 Å². The zero-order chi connectivity index (χ0) is 15.9. The van der Waals surface area contributed by atoms with E-state index < -0.39 is 11.2 Å². The Bertz CT molecular complexity index is 869. The highest BCUT2D eigenvalue weighted by Gasteiger charge is 2.26. The molecule has 0 unspecified atom stereocenters. The number of hydrogen-bond acceptors (Lipinski definition) is 4.